The number of rotatable bonds is 2. The molecule has 0 spiro atoms. The van der Waals surface area contributed by atoms with E-state index in [1.807, 2.05) is 48.5 Å². The summed E-state index contributed by atoms with van der Waals surface area (Å²) in [7, 11) is 0. The molecule has 0 unspecified atom stereocenters. The molecule has 2 aromatic heterocycles. The molecular weight excluding hydrogens is 304 g/mol. The largest absolute Gasteiger partial charge is 0.265 e. The van der Waals surface area contributed by atoms with Gasteiger partial charge >= 0.3 is 0 Å². The second-order valence-electron chi connectivity index (χ2n) is 5.32. The van der Waals surface area contributed by atoms with Crippen molar-refractivity contribution < 1.29 is 0 Å². The minimum absolute atomic E-state index is 0.691. The van der Waals surface area contributed by atoms with Crippen molar-refractivity contribution in [2.45, 2.75) is 0 Å². The Morgan fingerprint density at radius 1 is 0.739 bits per heavy atom. The quantitative estimate of drug-likeness (QED) is 0.480. The molecule has 0 N–H and O–H groups in total. The molecular formula is C20H13ClN2. The van der Waals surface area contributed by atoms with E-state index in [1.165, 1.54) is 0 Å². The van der Waals surface area contributed by atoms with Crippen LogP contribution in [0.1, 0.15) is 0 Å². The number of benzene rings is 2. The van der Waals surface area contributed by atoms with E-state index in [-0.39, 0.29) is 0 Å². The SMILES string of the molecule is Clc1ccc2c(-c3ccncc3)cc(-c3ccccc3)nc2c1. The van der Waals surface area contributed by atoms with Gasteiger partial charge in [-0.2, -0.15) is 0 Å². The summed E-state index contributed by atoms with van der Waals surface area (Å²) in [4.78, 5) is 8.90. The third-order valence-corrected chi connectivity index (χ3v) is 4.07. The fraction of sp³-hybridized carbons (Fsp3) is 0. The Bertz CT molecular complexity index is 967. The van der Waals surface area contributed by atoms with Crippen LogP contribution < -0.4 is 0 Å². The van der Waals surface area contributed by atoms with Gasteiger partial charge in [0.2, 0.25) is 0 Å². The Hall–Kier alpha value is -2.71. The summed E-state index contributed by atoms with van der Waals surface area (Å²) in [5.74, 6) is 0. The molecule has 0 aliphatic heterocycles. The summed E-state index contributed by atoms with van der Waals surface area (Å²) in [6.07, 6.45) is 3.61. The van der Waals surface area contributed by atoms with Crippen molar-refractivity contribution in [2.24, 2.45) is 0 Å². The van der Waals surface area contributed by atoms with Crippen molar-refractivity contribution in [2.75, 3.05) is 0 Å². The lowest BCUT2D eigenvalue weighted by Crippen LogP contribution is -1.90. The molecule has 2 heterocycles. The van der Waals surface area contributed by atoms with Crippen molar-refractivity contribution in [3.8, 4) is 22.4 Å². The predicted octanol–water partition coefficient (Wildman–Crippen LogP) is 5.62. The summed E-state index contributed by atoms with van der Waals surface area (Å²) < 4.78 is 0. The summed E-state index contributed by atoms with van der Waals surface area (Å²) in [5.41, 5.74) is 5.17. The third-order valence-electron chi connectivity index (χ3n) is 3.83. The average molecular weight is 317 g/mol. The van der Waals surface area contributed by atoms with Crippen molar-refractivity contribution in [1.29, 1.82) is 0 Å². The number of hydrogen-bond acceptors (Lipinski definition) is 2. The van der Waals surface area contributed by atoms with Gasteiger partial charge in [-0.05, 0) is 41.5 Å². The van der Waals surface area contributed by atoms with Crippen LogP contribution in [0, 0.1) is 0 Å². The Morgan fingerprint density at radius 2 is 1.52 bits per heavy atom. The van der Waals surface area contributed by atoms with Crippen LogP contribution in [-0.2, 0) is 0 Å². The van der Waals surface area contributed by atoms with Gasteiger partial charge in [-0.1, -0.05) is 48.0 Å². The molecule has 0 radical (unpaired) electrons. The van der Waals surface area contributed by atoms with E-state index < -0.39 is 0 Å². The van der Waals surface area contributed by atoms with Gasteiger partial charge in [-0.3, -0.25) is 4.98 Å². The van der Waals surface area contributed by atoms with Crippen LogP contribution in [0.25, 0.3) is 33.3 Å². The molecule has 0 fully saturated rings. The maximum atomic E-state index is 6.17. The molecule has 0 saturated heterocycles. The fourth-order valence-corrected chi connectivity index (χ4v) is 2.90. The van der Waals surface area contributed by atoms with Gasteiger partial charge in [0.1, 0.15) is 0 Å². The first-order chi connectivity index (χ1) is 11.3. The molecule has 23 heavy (non-hydrogen) atoms. The zero-order valence-electron chi connectivity index (χ0n) is 12.3. The van der Waals surface area contributed by atoms with Crippen molar-refractivity contribution >= 4 is 22.5 Å². The summed E-state index contributed by atoms with van der Waals surface area (Å²) >= 11 is 6.17. The lowest BCUT2D eigenvalue weighted by Gasteiger charge is -2.10. The summed E-state index contributed by atoms with van der Waals surface area (Å²) in [6, 6.07) is 22.2. The van der Waals surface area contributed by atoms with Gasteiger partial charge in [0.15, 0.2) is 0 Å². The second-order valence-corrected chi connectivity index (χ2v) is 5.75. The molecule has 3 heteroatoms. The molecule has 2 nitrogen and oxygen atoms in total. The van der Waals surface area contributed by atoms with Crippen molar-refractivity contribution in [3.05, 3.63) is 84.1 Å². The second kappa shape index (κ2) is 5.82. The van der Waals surface area contributed by atoms with E-state index in [1.54, 1.807) is 12.4 Å². The van der Waals surface area contributed by atoms with Crippen LogP contribution >= 0.6 is 11.6 Å². The van der Waals surface area contributed by atoms with Gasteiger partial charge in [0, 0.05) is 28.4 Å². The van der Waals surface area contributed by atoms with Gasteiger partial charge in [-0.25, -0.2) is 4.98 Å². The smallest absolute Gasteiger partial charge is 0.0730 e. The van der Waals surface area contributed by atoms with Crippen LogP contribution in [-0.4, -0.2) is 9.97 Å². The summed E-state index contributed by atoms with van der Waals surface area (Å²) in [6.45, 7) is 0. The minimum atomic E-state index is 0.691. The highest BCUT2D eigenvalue weighted by Gasteiger charge is 2.09. The molecule has 0 bridgehead atoms. The zero-order valence-corrected chi connectivity index (χ0v) is 13.0. The van der Waals surface area contributed by atoms with E-state index in [4.69, 9.17) is 16.6 Å². The molecule has 4 rings (SSSR count). The van der Waals surface area contributed by atoms with E-state index in [0.717, 1.165) is 33.3 Å². The Labute approximate surface area is 139 Å². The van der Waals surface area contributed by atoms with Gasteiger partial charge in [0.05, 0.1) is 11.2 Å². The van der Waals surface area contributed by atoms with Crippen LogP contribution in [0.15, 0.2) is 79.1 Å². The molecule has 0 atom stereocenters. The number of nitrogens with zero attached hydrogens (tertiary/aromatic N) is 2. The maximum absolute atomic E-state index is 6.17. The molecule has 4 aromatic rings. The Morgan fingerprint density at radius 3 is 2.30 bits per heavy atom. The number of halogens is 1. The lowest BCUT2D eigenvalue weighted by molar-refractivity contribution is 1.33. The maximum Gasteiger partial charge on any atom is 0.0730 e. The van der Waals surface area contributed by atoms with Crippen molar-refractivity contribution in [1.82, 2.24) is 9.97 Å². The Kier molecular flexibility index (Phi) is 3.52. The lowest BCUT2D eigenvalue weighted by atomic mass is 9.99. The highest BCUT2D eigenvalue weighted by molar-refractivity contribution is 6.31. The molecule has 0 amide bonds. The number of pyridine rings is 2. The topological polar surface area (TPSA) is 25.8 Å². The first kappa shape index (κ1) is 13.9. The Balaban J connectivity index is 2.03. The van der Waals surface area contributed by atoms with Gasteiger partial charge in [0.25, 0.3) is 0 Å². The zero-order chi connectivity index (χ0) is 15.6. The third kappa shape index (κ3) is 2.69. The highest BCUT2D eigenvalue weighted by Crippen LogP contribution is 2.32. The van der Waals surface area contributed by atoms with E-state index in [0.29, 0.717) is 5.02 Å². The first-order valence-electron chi connectivity index (χ1n) is 7.37. The molecule has 2 aromatic carbocycles. The van der Waals surface area contributed by atoms with Crippen LogP contribution in [0.5, 0.6) is 0 Å². The van der Waals surface area contributed by atoms with Crippen LogP contribution in [0.4, 0.5) is 0 Å². The first-order valence-corrected chi connectivity index (χ1v) is 7.75. The van der Waals surface area contributed by atoms with E-state index >= 15 is 0 Å². The highest BCUT2D eigenvalue weighted by atomic mass is 35.5. The van der Waals surface area contributed by atoms with E-state index in [2.05, 4.69) is 23.2 Å². The fourth-order valence-electron chi connectivity index (χ4n) is 2.73. The van der Waals surface area contributed by atoms with Gasteiger partial charge in [-0.15, -0.1) is 0 Å². The van der Waals surface area contributed by atoms with Crippen LogP contribution in [0.3, 0.4) is 0 Å². The number of hydrogen-bond donors (Lipinski definition) is 0. The normalized spacial score (nSPS) is 10.8. The van der Waals surface area contributed by atoms with Gasteiger partial charge < -0.3 is 0 Å². The standard InChI is InChI=1S/C20H13ClN2/c21-16-6-7-17-18(14-8-10-22-11-9-14)13-19(23-20(17)12-16)15-4-2-1-3-5-15/h1-13H. The van der Waals surface area contributed by atoms with Crippen LogP contribution in [0.2, 0.25) is 5.02 Å². The molecule has 0 aliphatic rings. The summed E-state index contributed by atoms with van der Waals surface area (Å²) in [5, 5.41) is 1.77. The monoisotopic (exact) mass is 316 g/mol. The number of aromatic nitrogens is 2. The number of fused-ring (bicyclic) bond motifs is 1. The van der Waals surface area contributed by atoms with Crippen molar-refractivity contribution in [3.63, 3.8) is 0 Å². The minimum Gasteiger partial charge on any atom is -0.265 e. The van der Waals surface area contributed by atoms with E-state index in [9.17, 15) is 0 Å². The average Bonchev–Trinajstić information content (AvgIpc) is 2.62. The molecule has 0 saturated carbocycles. The molecule has 110 valence electrons. The predicted molar refractivity (Wildman–Crippen MR) is 95.4 cm³/mol. The molecule has 0 aliphatic carbocycles.